The van der Waals surface area contributed by atoms with Crippen molar-refractivity contribution in [1.29, 1.82) is 0 Å². The summed E-state index contributed by atoms with van der Waals surface area (Å²) >= 11 is 0. The van der Waals surface area contributed by atoms with Gasteiger partial charge in [0.1, 0.15) is 0 Å². The average molecular weight is 220 g/mol. The van der Waals surface area contributed by atoms with E-state index < -0.39 is 0 Å². The molecule has 1 aromatic rings. The van der Waals surface area contributed by atoms with Crippen LogP contribution in [-0.2, 0) is 4.74 Å². The highest BCUT2D eigenvalue weighted by Crippen LogP contribution is 2.23. The van der Waals surface area contributed by atoms with Gasteiger partial charge in [-0.3, -0.25) is 0 Å². The zero-order valence-corrected chi connectivity index (χ0v) is 10.0. The first-order valence-electron chi connectivity index (χ1n) is 5.85. The number of anilines is 1. The van der Waals surface area contributed by atoms with Gasteiger partial charge in [0.15, 0.2) is 0 Å². The van der Waals surface area contributed by atoms with Gasteiger partial charge < -0.3 is 15.4 Å². The maximum atomic E-state index is 5.77. The van der Waals surface area contributed by atoms with Gasteiger partial charge >= 0.3 is 0 Å². The number of rotatable bonds is 4. The molecule has 88 valence electrons. The van der Waals surface area contributed by atoms with Crippen LogP contribution in [0.2, 0.25) is 0 Å². The van der Waals surface area contributed by atoms with E-state index in [1.807, 2.05) is 0 Å². The number of aryl methyl sites for hydroxylation is 1. The number of hydrogen-bond donors (Lipinski definition) is 1. The van der Waals surface area contributed by atoms with Gasteiger partial charge in [-0.1, -0.05) is 17.7 Å². The van der Waals surface area contributed by atoms with Crippen LogP contribution in [-0.4, -0.2) is 31.8 Å². The fourth-order valence-corrected chi connectivity index (χ4v) is 2.04. The molecule has 1 atom stereocenters. The van der Waals surface area contributed by atoms with Crippen molar-refractivity contribution >= 4 is 5.69 Å². The maximum absolute atomic E-state index is 5.77. The Kier molecular flexibility index (Phi) is 3.46. The molecule has 0 aromatic heterocycles. The summed E-state index contributed by atoms with van der Waals surface area (Å²) in [6.07, 6.45) is 0. The molecule has 3 nitrogen and oxygen atoms in total. The topological polar surface area (TPSA) is 38.5 Å². The number of nitrogens with two attached hydrogens (primary N) is 1. The second-order valence-corrected chi connectivity index (χ2v) is 4.52. The van der Waals surface area contributed by atoms with E-state index in [0.717, 1.165) is 13.2 Å². The third-order valence-electron chi connectivity index (χ3n) is 3.16. The monoisotopic (exact) mass is 220 g/mol. The predicted octanol–water partition coefficient (Wildman–Crippen LogP) is 1.55. The summed E-state index contributed by atoms with van der Waals surface area (Å²) in [6.45, 7) is 6.58. The van der Waals surface area contributed by atoms with E-state index in [-0.39, 0.29) is 0 Å². The van der Waals surface area contributed by atoms with Crippen molar-refractivity contribution in [2.45, 2.75) is 25.9 Å². The minimum Gasteiger partial charge on any atom is -0.377 e. The van der Waals surface area contributed by atoms with Crippen LogP contribution >= 0.6 is 0 Å². The van der Waals surface area contributed by atoms with Gasteiger partial charge in [0, 0.05) is 18.3 Å². The lowest BCUT2D eigenvalue weighted by Crippen LogP contribution is -2.54. The normalized spacial score (nSPS) is 17.9. The van der Waals surface area contributed by atoms with Gasteiger partial charge in [-0.15, -0.1) is 0 Å². The molecular weight excluding hydrogens is 200 g/mol. The maximum Gasteiger partial charge on any atom is 0.0760 e. The van der Waals surface area contributed by atoms with Crippen LogP contribution in [0.15, 0.2) is 24.3 Å². The molecule has 1 aliphatic heterocycles. The molecule has 16 heavy (non-hydrogen) atoms. The fraction of sp³-hybridized carbons (Fsp3) is 0.538. The third-order valence-corrected chi connectivity index (χ3v) is 3.16. The molecule has 0 aliphatic carbocycles. The Labute approximate surface area is 97.2 Å². The van der Waals surface area contributed by atoms with Crippen molar-refractivity contribution in [3.63, 3.8) is 0 Å². The molecule has 2 N–H and O–H groups in total. The van der Waals surface area contributed by atoms with Gasteiger partial charge in [-0.2, -0.15) is 0 Å². The minimum absolute atomic E-state index is 0.358. The fourth-order valence-electron chi connectivity index (χ4n) is 2.04. The quantitative estimate of drug-likeness (QED) is 0.836. The number of nitrogens with zero attached hydrogens (tertiary/aromatic N) is 1. The Bertz CT molecular complexity index is 328. The van der Waals surface area contributed by atoms with Gasteiger partial charge in [-0.05, 0) is 26.0 Å². The van der Waals surface area contributed by atoms with Crippen LogP contribution in [0.4, 0.5) is 5.69 Å². The first-order valence-corrected chi connectivity index (χ1v) is 5.85. The number of ether oxygens (including phenoxy) is 1. The lowest BCUT2D eigenvalue weighted by molar-refractivity contribution is 0.00551. The van der Waals surface area contributed by atoms with Crippen LogP contribution in [0.5, 0.6) is 0 Å². The van der Waals surface area contributed by atoms with Crippen LogP contribution in [0.25, 0.3) is 0 Å². The number of hydrogen-bond acceptors (Lipinski definition) is 3. The predicted molar refractivity (Wildman–Crippen MR) is 66.8 cm³/mol. The molecule has 1 aliphatic rings. The SMILES string of the molecule is Cc1ccc(N(C(C)CN)C2COC2)cc1. The molecule has 3 heteroatoms. The lowest BCUT2D eigenvalue weighted by Gasteiger charge is -2.42. The highest BCUT2D eigenvalue weighted by Gasteiger charge is 2.29. The molecule has 1 unspecified atom stereocenters. The standard InChI is InChI=1S/C13H20N2O/c1-10-3-5-12(6-4-10)15(11(2)7-14)13-8-16-9-13/h3-6,11,13H,7-9,14H2,1-2H3. The van der Waals surface area contributed by atoms with Crippen molar-refractivity contribution in [3.8, 4) is 0 Å². The summed E-state index contributed by atoms with van der Waals surface area (Å²) < 4.78 is 5.27. The zero-order valence-electron chi connectivity index (χ0n) is 10.0. The van der Waals surface area contributed by atoms with Crippen LogP contribution in [0.1, 0.15) is 12.5 Å². The van der Waals surface area contributed by atoms with Crippen LogP contribution in [0, 0.1) is 6.92 Å². The van der Waals surface area contributed by atoms with Gasteiger partial charge in [0.05, 0.1) is 19.3 Å². The number of benzene rings is 1. The summed E-state index contributed by atoms with van der Waals surface area (Å²) in [6, 6.07) is 9.47. The molecule has 1 heterocycles. The van der Waals surface area contributed by atoms with Gasteiger partial charge in [0.2, 0.25) is 0 Å². The van der Waals surface area contributed by atoms with Gasteiger partial charge in [0.25, 0.3) is 0 Å². The van der Waals surface area contributed by atoms with Crippen LogP contribution < -0.4 is 10.6 Å². The summed E-state index contributed by atoms with van der Waals surface area (Å²) in [7, 11) is 0. The molecule has 0 saturated carbocycles. The summed E-state index contributed by atoms with van der Waals surface area (Å²) in [5.41, 5.74) is 8.31. The van der Waals surface area contributed by atoms with E-state index in [1.54, 1.807) is 0 Å². The lowest BCUT2D eigenvalue weighted by atomic mass is 10.1. The van der Waals surface area contributed by atoms with E-state index in [4.69, 9.17) is 10.5 Å². The zero-order chi connectivity index (χ0) is 11.5. The van der Waals surface area contributed by atoms with Crippen molar-refractivity contribution in [2.75, 3.05) is 24.7 Å². The summed E-state index contributed by atoms with van der Waals surface area (Å²) in [4.78, 5) is 2.38. The third kappa shape index (κ3) is 2.20. The van der Waals surface area contributed by atoms with E-state index in [2.05, 4.69) is 43.0 Å². The van der Waals surface area contributed by atoms with Crippen molar-refractivity contribution < 1.29 is 4.74 Å². The Morgan fingerprint density at radius 3 is 2.44 bits per heavy atom. The largest absolute Gasteiger partial charge is 0.377 e. The molecule has 0 radical (unpaired) electrons. The summed E-state index contributed by atoms with van der Waals surface area (Å²) in [5.74, 6) is 0. The second kappa shape index (κ2) is 4.85. The second-order valence-electron chi connectivity index (χ2n) is 4.52. The van der Waals surface area contributed by atoms with E-state index in [9.17, 15) is 0 Å². The first-order chi connectivity index (χ1) is 7.72. The van der Waals surface area contributed by atoms with Crippen molar-refractivity contribution in [2.24, 2.45) is 5.73 Å². The molecule has 1 fully saturated rings. The van der Waals surface area contributed by atoms with Crippen molar-refractivity contribution in [1.82, 2.24) is 0 Å². The molecule has 1 saturated heterocycles. The first kappa shape index (κ1) is 11.4. The summed E-state index contributed by atoms with van der Waals surface area (Å²) in [5, 5.41) is 0. The molecular formula is C13H20N2O. The average Bonchev–Trinajstić information content (AvgIpc) is 2.24. The molecule has 2 rings (SSSR count). The Balaban J connectivity index is 2.20. The van der Waals surface area contributed by atoms with E-state index in [1.165, 1.54) is 11.3 Å². The van der Waals surface area contributed by atoms with E-state index >= 15 is 0 Å². The molecule has 0 bridgehead atoms. The van der Waals surface area contributed by atoms with Crippen molar-refractivity contribution in [3.05, 3.63) is 29.8 Å². The molecule has 0 amide bonds. The Hall–Kier alpha value is -1.06. The van der Waals surface area contributed by atoms with Gasteiger partial charge in [-0.25, -0.2) is 0 Å². The Morgan fingerprint density at radius 1 is 1.38 bits per heavy atom. The van der Waals surface area contributed by atoms with Crippen LogP contribution in [0.3, 0.4) is 0 Å². The molecule has 0 spiro atoms. The van der Waals surface area contributed by atoms with E-state index in [0.29, 0.717) is 18.6 Å². The highest BCUT2D eigenvalue weighted by molar-refractivity contribution is 5.50. The minimum atomic E-state index is 0.358. The Morgan fingerprint density at radius 2 is 2.00 bits per heavy atom. The molecule has 1 aromatic carbocycles. The highest BCUT2D eigenvalue weighted by atomic mass is 16.5. The smallest absolute Gasteiger partial charge is 0.0760 e.